The molecule has 23 heavy (non-hydrogen) atoms. The molecule has 0 aromatic carbocycles. The van der Waals surface area contributed by atoms with Crippen LogP contribution in [0.5, 0.6) is 0 Å². The molecule has 0 bridgehead atoms. The SMILES string of the molecule is C/C=C1/C(O)CC2C3CC=C4C[C@@H](O)CC[C@]4(C)C3CC[C@]12C. The molecule has 4 rings (SSSR count). The molecule has 0 heterocycles. The minimum Gasteiger partial charge on any atom is -0.393 e. The van der Waals surface area contributed by atoms with Gasteiger partial charge in [0.05, 0.1) is 12.2 Å². The van der Waals surface area contributed by atoms with Crippen molar-refractivity contribution < 1.29 is 10.2 Å². The van der Waals surface area contributed by atoms with Crippen LogP contribution in [0.2, 0.25) is 0 Å². The zero-order valence-corrected chi connectivity index (χ0v) is 14.9. The van der Waals surface area contributed by atoms with Crippen LogP contribution in [0, 0.1) is 28.6 Å². The smallest absolute Gasteiger partial charge is 0.0758 e. The number of hydrogen-bond donors (Lipinski definition) is 2. The van der Waals surface area contributed by atoms with Crippen LogP contribution < -0.4 is 0 Å². The van der Waals surface area contributed by atoms with Gasteiger partial charge in [0.15, 0.2) is 0 Å². The van der Waals surface area contributed by atoms with Crippen molar-refractivity contribution in [1.82, 2.24) is 0 Å². The zero-order chi connectivity index (χ0) is 16.4. The lowest BCUT2D eigenvalue weighted by molar-refractivity contribution is -0.0278. The second-order valence-electron chi connectivity index (χ2n) is 9.11. The molecule has 0 amide bonds. The van der Waals surface area contributed by atoms with Crippen LogP contribution in [0.4, 0.5) is 0 Å². The Morgan fingerprint density at radius 1 is 1.09 bits per heavy atom. The summed E-state index contributed by atoms with van der Waals surface area (Å²) in [4.78, 5) is 0. The van der Waals surface area contributed by atoms with E-state index >= 15 is 0 Å². The van der Waals surface area contributed by atoms with Gasteiger partial charge < -0.3 is 10.2 Å². The number of fused-ring (bicyclic) bond motifs is 5. The Bertz CT molecular complexity index is 562. The number of rotatable bonds is 0. The highest BCUT2D eigenvalue weighted by atomic mass is 16.3. The van der Waals surface area contributed by atoms with Gasteiger partial charge in [-0.25, -0.2) is 0 Å². The molecule has 7 atom stereocenters. The number of allylic oxidation sites excluding steroid dienone is 2. The second kappa shape index (κ2) is 5.20. The summed E-state index contributed by atoms with van der Waals surface area (Å²) in [6.45, 7) is 6.97. The minimum atomic E-state index is -0.222. The van der Waals surface area contributed by atoms with Crippen LogP contribution in [0.25, 0.3) is 0 Å². The van der Waals surface area contributed by atoms with Crippen molar-refractivity contribution in [2.75, 3.05) is 0 Å². The van der Waals surface area contributed by atoms with E-state index in [0.29, 0.717) is 17.3 Å². The Morgan fingerprint density at radius 3 is 2.57 bits per heavy atom. The first kappa shape index (κ1) is 15.9. The molecule has 4 unspecified atom stereocenters. The Kier molecular flexibility index (Phi) is 3.59. The number of aliphatic hydroxyl groups is 2. The molecule has 4 aliphatic rings. The molecule has 4 aliphatic carbocycles. The average Bonchev–Trinajstić information content (AvgIpc) is 2.77. The van der Waals surface area contributed by atoms with Crippen LogP contribution in [-0.2, 0) is 0 Å². The summed E-state index contributed by atoms with van der Waals surface area (Å²) in [5.74, 6) is 2.09. The highest BCUT2D eigenvalue weighted by molar-refractivity contribution is 5.31. The van der Waals surface area contributed by atoms with Gasteiger partial charge in [-0.05, 0) is 86.0 Å². The van der Waals surface area contributed by atoms with Gasteiger partial charge in [-0.1, -0.05) is 31.6 Å². The molecule has 2 N–H and O–H groups in total. The summed E-state index contributed by atoms with van der Waals surface area (Å²) >= 11 is 0. The van der Waals surface area contributed by atoms with Crippen molar-refractivity contribution in [3.63, 3.8) is 0 Å². The fourth-order valence-corrected chi connectivity index (χ4v) is 7.03. The molecular formula is C21H32O2. The highest BCUT2D eigenvalue weighted by Crippen LogP contribution is 2.66. The van der Waals surface area contributed by atoms with Crippen LogP contribution in [-0.4, -0.2) is 22.4 Å². The Labute approximate surface area is 140 Å². The van der Waals surface area contributed by atoms with Crippen molar-refractivity contribution in [2.24, 2.45) is 28.6 Å². The maximum atomic E-state index is 10.6. The monoisotopic (exact) mass is 316 g/mol. The van der Waals surface area contributed by atoms with Crippen LogP contribution in [0.3, 0.4) is 0 Å². The lowest BCUT2D eigenvalue weighted by Gasteiger charge is -2.57. The fourth-order valence-electron chi connectivity index (χ4n) is 7.03. The summed E-state index contributed by atoms with van der Waals surface area (Å²) in [5.41, 5.74) is 3.35. The maximum Gasteiger partial charge on any atom is 0.0758 e. The van der Waals surface area contributed by atoms with Gasteiger partial charge in [0.25, 0.3) is 0 Å². The van der Waals surface area contributed by atoms with Crippen molar-refractivity contribution in [2.45, 2.75) is 77.9 Å². The van der Waals surface area contributed by atoms with Gasteiger partial charge in [-0.2, -0.15) is 0 Å². The van der Waals surface area contributed by atoms with E-state index in [2.05, 4.69) is 32.9 Å². The lowest BCUT2D eigenvalue weighted by Crippen LogP contribution is -2.49. The predicted octanol–water partition coefficient (Wildman–Crippen LogP) is 4.23. The van der Waals surface area contributed by atoms with Crippen LogP contribution in [0.1, 0.15) is 65.7 Å². The van der Waals surface area contributed by atoms with Crippen LogP contribution in [0.15, 0.2) is 23.3 Å². The number of aliphatic hydroxyl groups excluding tert-OH is 2. The first-order valence-electron chi connectivity index (χ1n) is 9.62. The maximum absolute atomic E-state index is 10.6. The second-order valence-corrected chi connectivity index (χ2v) is 9.11. The normalized spacial score (nSPS) is 54.2. The van der Waals surface area contributed by atoms with Crippen molar-refractivity contribution in [3.05, 3.63) is 23.3 Å². The lowest BCUT2D eigenvalue weighted by atomic mass is 9.48. The molecule has 0 saturated heterocycles. The molecular weight excluding hydrogens is 284 g/mol. The largest absolute Gasteiger partial charge is 0.393 e. The van der Waals surface area contributed by atoms with Crippen molar-refractivity contribution >= 4 is 0 Å². The summed E-state index contributed by atoms with van der Waals surface area (Å²) in [6, 6.07) is 0. The topological polar surface area (TPSA) is 40.5 Å². The Balaban J connectivity index is 1.70. The minimum absolute atomic E-state index is 0.123. The molecule has 0 spiro atoms. The predicted molar refractivity (Wildman–Crippen MR) is 92.9 cm³/mol. The van der Waals surface area contributed by atoms with E-state index in [1.54, 1.807) is 0 Å². The average molecular weight is 316 g/mol. The van der Waals surface area contributed by atoms with E-state index in [1.165, 1.54) is 24.0 Å². The molecule has 2 heteroatoms. The van der Waals surface area contributed by atoms with E-state index in [1.807, 2.05) is 0 Å². The summed E-state index contributed by atoms with van der Waals surface area (Å²) in [5, 5.41) is 20.7. The summed E-state index contributed by atoms with van der Waals surface area (Å²) in [7, 11) is 0. The van der Waals surface area contributed by atoms with E-state index in [9.17, 15) is 10.2 Å². The molecule has 3 fully saturated rings. The van der Waals surface area contributed by atoms with Gasteiger partial charge in [0.1, 0.15) is 0 Å². The first-order valence-corrected chi connectivity index (χ1v) is 9.62. The van der Waals surface area contributed by atoms with E-state index < -0.39 is 0 Å². The fraction of sp³-hybridized carbons (Fsp3) is 0.810. The first-order chi connectivity index (χ1) is 10.9. The molecule has 0 aromatic heterocycles. The van der Waals surface area contributed by atoms with Gasteiger partial charge in [-0.3, -0.25) is 0 Å². The molecule has 0 aromatic rings. The van der Waals surface area contributed by atoms with Gasteiger partial charge in [-0.15, -0.1) is 0 Å². The molecule has 0 radical (unpaired) electrons. The molecule has 0 aliphatic heterocycles. The molecule has 3 saturated carbocycles. The van der Waals surface area contributed by atoms with Crippen molar-refractivity contribution in [1.29, 1.82) is 0 Å². The van der Waals surface area contributed by atoms with Crippen LogP contribution >= 0.6 is 0 Å². The molecule has 2 nitrogen and oxygen atoms in total. The van der Waals surface area contributed by atoms with E-state index in [-0.39, 0.29) is 17.6 Å². The summed E-state index contributed by atoms with van der Waals surface area (Å²) < 4.78 is 0. The van der Waals surface area contributed by atoms with Gasteiger partial charge >= 0.3 is 0 Å². The zero-order valence-electron chi connectivity index (χ0n) is 14.9. The third kappa shape index (κ3) is 2.07. The van der Waals surface area contributed by atoms with Crippen molar-refractivity contribution in [3.8, 4) is 0 Å². The van der Waals surface area contributed by atoms with E-state index in [0.717, 1.165) is 38.0 Å². The third-order valence-corrected chi connectivity index (χ3v) is 8.27. The quantitative estimate of drug-likeness (QED) is 0.657. The van der Waals surface area contributed by atoms with Gasteiger partial charge in [0, 0.05) is 0 Å². The van der Waals surface area contributed by atoms with E-state index in [4.69, 9.17) is 0 Å². The summed E-state index contributed by atoms with van der Waals surface area (Å²) in [6.07, 6.45) is 11.9. The Hall–Kier alpha value is -0.600. The van der Waals surface area contributed by atoms with Gasteiger partial charge in [0.2, 0.25) is 0 Å². The Morgan fingerprint density at radius 2 is 1.83 bits per heavy atom. The number of hydrogen-bond acceptors (Lipinski definition) is 2. The third-order valence-electron chi connectivity index (χ3n) is 8.27. The standard InChI is InChI=1S/C21H32O2/c1-4-16-19(23)12-18-15-6-5-13-11-14(22)7-9-20(13,2)17(15)8-10-21(16,18)3/h4-5,14-15,17-19,22-23H,6-12H2,1-3H3/b16-4-/t14-,15?,17?,18?,19?,20-,21+/m0/s1. The molecule has 128 valence electrons. The highest BCUT2D eigenvalue weighted by Gasteiger charge is 2.58.